The highest BCUT2D eigenvalue weighted by Gasteiger charge is 2.30. The summed E-state index contributed by atoms with van der Waals surface area (Å²) in [5.74, 6) is 0.103. The Kier molecular flexibility index (Phi) is 3.06. The summed E-state index contributed by atoms with van der Waals surface area (Å²) in [7, 11) is 0. The van der Waals surface area contributed by atoms with Crippen LogP contribution in [0.5, 0.6) is 0 Å². The monoisotopic (exact) mass is 197 g/mol. The van der Waals surface area contributed by atoms with Crippen LogP contribution in [0.3, 0.4) is 0 Å². The first-order chi connectivity index (χ1) is 6.54. The Morgan fingerprint density at radius 3 is 3.00 bits per heavy atom. The Hall–Kier alpha value is -1.59. The average Bonchev–Trinajstić information content (AvgIpc) is 2.44. The van der Waals surface area contributed by atoms with Crippen molar-refractivity contribution < 1.29 is 4.79 Å². The first-order valence-corrected chi connectivity index (χ1v) is 4.54. The lowest BCUT2D eigenvalue weighted by Gasteiger charge is -2.10. The molecular formula is C8H15N5O. The van der Waals surface area contributed by atoms with Crippen LogP contribution in [0.15, 0.2) is 4.99 Å². The fraction of sp³-hybridized carbons (Fsp3) is 0.625. The lowest BCUT2D eigenvalue weighted by atomic mass is 10.00. The van der Waals surface area contributed by atoms with Crippen LogP contribution in [0.4, 0.5) is 0 Å². The van der Waals surface area contributed by atoms with Crippen LogP contribution >= 0.6 is 0 Å². The van der Waals surface area contributed by atoms with Crippen LogP contribution in [-0.2, 0) is 4.79 Å². The smallest absolute Gasteiger partial charge is 0.251 e. The molecule has 0 aliphatic carbocycles. The van der Waals surface area contributed by atoms with E-state index in [1.807, 2.05) is 13.8 Å². The van der Waals surface area contributed by atoms with E-state index in [2.05, 4.69) is 15.6 Å². The van der Waals surface area contributed by atoms with E-state index in [9.17, 15) is 4.79 Å². The summed E-state index contributed by atoms with van der Waals surface area (Å²) in [6.45, 7) is 3.97. The van der Waals surface area contributed by atoms with Crippen molar-refractivity contribution >= 4 is 17.8 Å². The molecular weight excluding hydrogens is 182 g/mol. The Morgan fingerprint density at radius 2 is 2.50 bits per heavy atom. The zero-order valence-corrected chi connectivity index (χ0v) is 8.29. The van der Waals surface area contributed by atoms with Gasteiger partial charge in [0.25, 0.3) is 5.91 Å². The van der Waals surface area contributed by atoms with E-state index in [4.69, 9.17) is 11.1 Å². The number of hydrogen-bond donors (Lipinski definition) is 4. The van der Waals surface area contributed by atoms with Gasteiger partial charge < -0.3 is 5.73 Å². The van der Waals surface area contributed by atoms with Crippen molar-refractivity contribution in [1.29, 1.82) is 5.41 Å². The average molecular weight is 197 g/mol. The first kappa shape index (κ1) is 10.5. The number of aliphatic imine (C=N–C) groups is 1. The summed E-state index contributed by atoms with van der Waals surface area (Å²) in [5, 5.41) is 12.0. The van der Waals surface area contributed by atoms with Crippen molar-refractivity contribution in [3.05, 3.63) is 0 Å². The molecule has 0 aromatic carbocycles. The van der Waals surface area contributed by atoms with E-state index >= 15 is 0 Å². The molecule has 1 rings (SSSR count). The van der Waals surface area contributed by atoms with Gasteiger partial charge in [0.15, 0.2) is 5.96 Å². The highest BCUT2D eigenvalue weighted by atomic mass is 16.2. The molecule has 1 aliphatic rings. The zero-order valence-electron chi connectivity index (χ0n) is 8.29. The number of nitrogens with two attached hydrogens (primary N) is 1. The number of nitrogens with one attached hydrogen (secondary N) is 3. The van der Waals surface area contributed by atoms with Crippen LogP contribution in [-0.4, -0.2) is 23.9 Å². The predicted octanol–water partition coefficient (Wildman–Crippen LogP) is -0.630. The standard InChI is InChI=1S/C8H15N5O/c1-3-4(2)5-6(14)12-8(11-5)13-7(9)10/h4-5H,3H2,1-2H3,(H5,9,10,11,12,13,14). The summed E-state index contributed by atoms with van der Waals surface area (Å²) >= 11 is 0. The minimum atomic E-state index is -0.359. The molecule has 0 radical (unpaired) electrons. The van der Waals surface area contributed by atoms with Crippen molar-refractivity contribution in [1.82, 2.24) is 10.6 Å². The third-order valence-electron chi connectivity index (χ3n) is 2.21. The molecule has 2 atom stereocenters. The van der Waals surface area contributed by atoms with Crippen LogP contribution in [0.25, 0.3) is 0 Å². The van der Waals surface area contributed by atoms with Gasteiger partial charge in [-0.15, -0.1) is 0 Å². The zero-order chi connectivity index (χ0) is 10.7. The molecule has 0 aromatic rings. The Bertz CT molecular complexity index is 285. The van der Waals surface area contributed by atoms with E-state index in [0.29, 0.717) is 0 Å². The largest absolute Gasteiger partial charge is 0.370 e. The molecule has 1 aliphatic heterocycles. The first-order valence-electron chi connectivity index (χ1n) is 4.54. The molecule has 0 fully saturated rings. The number of hydrogen-bond acceptors (Lipinski definition) is 3. The van der Waals surface area contributed by atoms with Gasteiger partial charge in [-0.3, -0.25) is 20.8 Å². The van der Waals surface area contributed by atoms with Gasteiger partial charge in [0.2, 0.25) is 5.96 Å². The number of carbonyl (C=O) groups is 1. The second-order valence-corrected chi connectivity index (χ2v) is 3.34. The maximum absolute atomic E-state index is 11.4. The van der Waals surface area contributed by atoms with Crippen molar-refractivity contribution in [2.24, 2.45) is 16.6 Å². The molecule has 1 heterocycles. The maximum Gasteiger partial charge on any atom is 0.251 e. The SMILES string of the molecule is CCC(C)C1N=C(NC(=N)N)NC1=O. The van der Waals surface area contributed by atoms with Crippen molar-refractivity contribution in [3.8, 4) is 0 Å². The Labute approximate surface area is 82.5 Å². The minimum Gasteiger partial charge on any atom is -0.370 e. The molecule has 1 amide bonds. The van der Waals surface area contributed by atoms with Crippen molar-refractivity contribution in [3.63, 3.8) is 0 Å². The quantitative estimate of drug-likeness (QED) is 0.350. The lowest BCUT2D eigenvalue weighted by Crippen LogP contribution is -2.43. The van der Waals surface area contributed by atoms with Gasteiger partial charge in [0.1, 0.15) is 6.04 Å². The minimum absolute atomic E-state index is 0.136. The van der Waals surface area contributed by atoms with E-state index in [1.54, 1.807) is 0 Å². The van der Waals surface area contributed by atoms with Gasteiger partial charge in [-0.05, 0) is 5.92 Å². The van der Waals surface area contributed by atoms with Gasteiger partial charge in [0, 0.05) is 0 Å². The summed E-state index contributed by atoms with van der Waals surface area (Å²) < 4.78 is 0. The van der Waals surface area contributed by atoms with Crippen LogP contribution in [0.1, 0.15) is 20.3 Å². The maximum atomic E-state index is 11.4. The fourth-order valence-corrected chi connectivity index (χ4v) is 1.22. The van der Waals surface area contributed by atoms with Crippen molar-refractivity contribution in [2.45, 2.75) is 26.3 Å². The Balaban J connectivity index is 2.66. The normalized spacial score (nSPS) is 22.6. The summed E-state index contributed by atoms with van der Waals surface area (Å²) in [6.07, 6.45) is 0.884. The molecule has 0 bridgehead atoms. The molecule has 14 heavy (non-hydrogen) atoms. The molecule has 2 unspecified atom stereocenters. The highest BCUT2D eigenvalue weighted by Crippen LogP contribution is 2.14. The number of guanidine groups is 2. The van der Waals surface area contributed by atoms with Crippen LogP contribution < -0.4 is 16.4 Å². The van der Waals surface area contributed by atoms with Crippen molar-refractivity contribution in [2.75, 3.05) is 0 Å². The van der Waals surface area contributed by atoms with Gasteiger partial charge in [-0.1, -0.05) is 20.3 Å². The molecule has 0 aromatic heterocycles. The van der Waals surface area contributed by atoms with Gasteiger partial charge in [0.05, 0.1) is 0 Å². The predicted molar refractivity (Wildman–Crippen MR) is 53.9 cm³/mol. The van der Waals surface area contributed by atoms with E-state index < -0.39 is 0 Å². The fourth-order valence-electron chi connectivity index (χ4n) is 1.22. The molecule has 0 saturated carbocycles. The molecule has 5 N–H and O–H groups in total. The summed E-state index contributed by atoms with van der Waals surface area (Å²) in [5.41, 5.74) is 5.11. The molecule has 6 nitrogen and oxygen atoms in total. The second-order valence-electron chi connectivity index (χ2n) is 3.34. The number of rotatable bonds is 2. The molecule has 0 spiro atoms. The number of carbonyl (C=O) groups excluding carboxylic acids is 1. The van der Waals surface area contributed by atoms with Crippen LogP contribution in [0, 0.1) is 11.3 Å². The summed E-state index contributed by atoms with van der Waals surface area (Å²) in [4.78, 5) is 15.5. The molecule has 78 valence electrons. The summed E-state index contributed by atoms with van der Waals surface area (Å²) in [6, 6.07) is -0.359. The van der Waals surface area contributed by atoms with Crippen LogP contribution in [0.2, 0.25) is 0 Å². The van der Waals surface area contributed by atoms with E-state index in [1.165, 1.54) is 0 Å². The van der Waals surface area contributed by atoms with E-state index in [0.717, 1.165) is 6.42 Å². The van der Waals surface area contributed by atoms with E-state index in [-0.39, 0.29) is 29.8 Å². The molecule has 6 heteroatoms. The lowest BCUT2D eigenvalue weighted by molar-refractivity contribution is -0.121. The van der Waals surface area contributed by atoms with Gasteiger partial charge in [-0.25, -0.2) is 4.99 Å². The topological polar surface area (TPSA) is 103 Å². The number of nitrogens with zero attached hydrogens (tertiary/aromatic N) is 1. The number of amides is 1. The Morgan fingerprint density at radius 1 is 1.86 bits per heavy atom. The molecule has 0 saturated heterocycles. The third-order valence-corrected chi connectivity index (χ3v) is 2.21. The highest BCUT2D eigenvalue weighted by molar-refractivity contribution is 6.09. The second kappa shape index (κ2) is 4.08. The van der Waals surface area contributed by atoms with Gasteiger partial charge in [-0.2, -0.15) is 0 Å². The third kappa shape index (κ3) is 2.21. The van der Waals surface area contributed by atoms with Gasteiger partial charge >= 0.3 is 0 Å².